The van der Waals surface area contributed by atoms with Crippen LogP contribution in [0.3, 0.4) is 0 Å². The smallest absolute Gasteiger partial charge is 0.345 e. The molecule has 0 aliphatic rings. The molecule has 0 fully saturated rings. The van der Waals surface area contributed by atoms with Gasteiger partial charge >= 0.3 is 11.9 Å². The van der Waals surface area contributed by atoms with Gasteiger partial charge in [-0.3, -0.25) is 0 Å². The third-order valence-corrected chi connectivity index (χ3v) is 2.19. The van der Waals surface area contributed by atoms with Crippen LogP contribution >= 0.6 is 11.3 Å². The molecule has 0 saturated carbocycles. The Hall–Kier alpha value is -1.62. The number of carbonyl (C=O) groups is 2. The molecule has 0 radical (unpaired) electrons. The molecular formula is C8H6O4S. The van der Waals surface area contributed by atoms with Gasteiger partial charge in [0.15, 0.2) is 0 Å². The van der Waals surface area contributed by atoms with Gasteiger partial charge in [0.2, 0.25) is 0 Å². The van der Waals surface area contributed by atoms with E-state index in [-0.39, 0.29) is 4.88 Å². The maximum absolute atomic E-state index is 10.4. The van der Waals surface area contributed by atoms with Gasteiger partial charge in [-0.1, -0.05) is 0 Å². The molecule has 5 heteroatoms. The number of carboxylic acid groups (broad SMARTS) is 2. The molecule has 0 spiro atoms. The van der Waals surface area contributed by atoms with Crippen molar-refractivity contribution < 1.29 is 19.8 Å². The van der Waals surface area contributed by atoms with Gasteiger partial charge in [-0.15, -0.1) is 11.3 Å². The van der Waals surface area contributed by atoms with Crippen molar-refractivity contribution in [2.75, 3.05) is 0 Å². The van der Waals surface area contributed by atoms with E-state index in [0.29, 0.717) is 5.56 Å². The first kappa shape index (κ1) is 9.47. The summed E-state index contributed by atoms with van der Waals surface area (Å²) in [5, 5.41) is 18.4. The Morgan fingerprint density at radius 1 is 1.38 bits per heavy atom. The highest BCUT2D eigenvalue weighted by Crippen LogP contribution is 2.15. The summed E-state index contributed by atoms with van der Waals surface area (Å²) in [5.74, 6) is -2.05. The van der Waals surface area contributed by atoms with Crippen LogP contribution < -0.4 is 0 Å². The van der Waals surface area contributed by atoms with E-state index in [1.807, 2.05) is 0 Å². The standard InChI is InChI=1S/C8H6O4S/c9-7(10)2-1-5-3-6(8(11)12)13-4-5/h1-4H,(H,9,10)(H,11,12). The average Bonchev–Trinajstić information content (AvgIpc) is 2.48. The highest BCUT2D eigenvalue weighted by molar-refractivity contribution is 7.12. The van der Waals surface area contributed by atoms with E-state index in [0.717, 1.165) is 17.4 Å². The molecule has 4 nitrogen and oxygen atoms in total. The zero-order chi connectivity index (χ0) is 9.84. The molecule has 0 saturated heterocycles. The summed E-state index contributed by atoms with van der Waals surface area (Å²) in [4.78, 5) is 20.7. The molecule has 0 aliphatic heterocycles. The van der Waals surface area contributed by atoms with Crippen molar-refractivity contribution in [2.45, 2.75) is 0 Å². The lowest BCUT2D eigenvalue weighted by Crippen LogP contribution is -1.90. The second kappa shape index (κ2) is 3.86. The SMILES string of the molecule is O=C(O)C=Cc1csc(C(=O)O)c1. The molecule has 68 valence electrons. The van der Waals surface area contributed by atoms with Gasteiger partial charge < -0.3 is 10.2 Å². The lowest BCUT2D eigenvalue weighted by atomic mass is 10.3. The van der Waals surface area contributed by atoms with Crippen LogP contribution in [0.2, 0.25) is 0 Å². The van der Waals surface area contributed by atoms with Crippen molar-refractivity contribution in [3.8, 4) is 0 Å². The minimum atomic E-state index is -1.05. The van der Waals surface area contributed by atoms with Gasteiger partial charge in [0.25, 0.3) is 0 Å². The van der Waals surface area contributed by atoms with Crippen LogP contribution in [-0.2, 0) is 4.79 Å². The van der Waals surface area contributed by atoms with Crippen LogP contribution in [0.1, 0.15) is 15.2 Å². The van der Waals surface area contributed by atoms with E-state index in [1.54, 1.807) is 5.38 Å². The van der Waals surface area contributed by atoms with Gasteiger partial charge in [-0.05, 0) is 23.1 Å². The minimum absolute atomic E-state index is 0.199. The number of thiophene rings is 1. The van der Waals surface area contributed by atoms with Gasteiger partial charge in [-0.2, -0.15) is 0 Å². The molecule has 0 unspecified atom stereocenters. The Bertz CT molecular complexity index is 364. The Balaban J connectivity index is 2.80. The van der Waals surface area contributed by atoms with E-state index in [1.165, 1.54) is 12.1 Å². The van der Waals surface area contributed by atoms with Crippen molar-refractivity contribution in [1.82, 2.24) is 0 Å². The molecule has 1 heterocycles. The van der Waals surface area contributed by atoms with Crippen molar-refractivity contribution in [1.29, 1.82) is 0 Å². The lowest BCUT2D eigenvalue weighted by molar-refractivity contribution is -0.131. The monoisotopic (exact) mass is 198 g/mol. The highest BCUT2D eigenvalue weighted by atomic mass is 32.1. The molecule has 0 bridgehead atoms. The minimum Gasteiger partial charge on any atom is -0.478 e. The van der Waals surface area contributed by atoms with Crippen molar-refractivity contribution >= 4 is 29.4 Å². The van der Waals surface area contributed by atoms with Crippen LogP contribution in [0, 0.1) is 0 Å². The highest BCUT2D eigenvalue weighted by Gasteiger charge is 2.04. The summed E-state index contributed by atoms with van der Waals surface area (Å²) in [6.07, 6.45) is 2.32. The molecule has 1 aromatic rings. The second-order valence-electron chi connectivity index (χ2n) is 2.22. The lowest BCUT2D eigenvalue weighted by Gasteiger charge is -1.82. The number of hydrogen-bond donors (Lipinski definition) is 2. The number of aliphatic carboxylic acids is 1. The van der Waals surface area contributed by atoms with Crippen LogP contribution in [-0.4, -0.2) is 22.2 Å². The zero-order valence-corrected chi connectivity index (χ0v) is 7.25. The summed E-state index contributed by atoms with van der Waals surface area (Å²) < 4.78 is 0. The second-order valence-corrected chi connectivity index (χ2v) is 3.13. The molecule has 1 aromatic heterocycles. The number of rotatable bonds is 3. The normalized spacial score (nSPS) is 10.5. The quantitative estimate of drug-likeness (QED) is 0.722. The van der Waals surface area contributed by atoms with E-state index < -0.39 is 11.9 Å². The molecular weight excluding hydrogens is 192 g/mol. The third kappa shape index (κ3) is 2.72. The van der Waals surface area contributed by atoms with Gasteiger partial charge in [-0.25, -0.2) is 9.59 Å². The fourth-order valence-electron chi connectivity index (χ4n) is 0.718. The Morgan fingerprint density at radius 2 is 2.08 bits per heavy atom. The maximum Gasteiger partial charge on any atom is 0.345 e. The van der Waals surface area contributed by atoms with E-state index >= 15 is 0 Å². The molecule has 0 atom stereocenters. The molecule has 0 aliphatic carbocycles. The van der Waals surface area contributed by atoms with Crippen LogP contribution in [0.4, 0.5) is 0 Å². The first-order chi connectivity index (χ1) is 6.09. The van der Waals surface area contributed by atoms with Crippen molar-refractivity contribution in [3.05, 3.63) is 28.0 Å². The number of aromatic carboxylic acids is 1. The Labute approximate surface area is 77.8 Å². The fraction of sp³-hybridized carbons (Fsp3) is 0. The van der Waals surface area contributed by atoms with Crippen LogP contribution in [0.15, 0.2) is 17.5 Å². The molecule has 1 rings (SSSR count). The zero-order valence-electron chi connectivity index (χ0n) is 6.43. The summed E-state index contributed by atoms with van der Waals surface area (Å²) in [6, 6.07) is 1.42. The number of hydrogen-bond acceptors (Lipinski definition) is 3. The Kier molecular flexibility index (Phi) is 2.81. The van der Waals surface area contributed by atoms with Crippen molar-refractivity contribution in [2.24, 2.45) is 0 Å². The average molecular weight is 198 g/mol. The van der Waals surface area contributed by atoms with E-state index in [2.05, 4.69) is 0 Å². The van der Waals surface area contributed by atoms with Crippen LogP contribution in [0.5, 0.6) is 0 Å². The summed E-state index contributed by atoms with van der Waals surface area (Å²) in [6.45, 7) is 0. The molecule has 13 heavy (non-hydrogen) atoms. The molecule has 2 N–H and O–H groups in total. The van der Waals surface area contributed by atoms with Gasteiger partial charge in [0.1, 0.15) is 4.88 Å². The first-order valence-electron chi connectivity index (χ1n) is 3.32. The largest absolute Gasteiger partial charge is 0.478 e. The topological polar surface area (TPSA) is 74.6 Å². The third-order valence-electron chi connectivity index (χ3n) is 1.25. The van der Waals surface area contributed by atoms with E-state index in [9.17, 15) is 9.59 Å². The summed E-state index contributed by atoms with van der Waals surface area (Å²) >= 11 is 1.07. The fourth-order valence-corrected chi connectivity index (χ4v) is 1.43. The predicted octanol–water partition coefficient (Wildman–Crippen LogP) is 1.54. The van der Waals surface area contributed by atoms with Gasteiger partial charge in [0, 0.05) is 6.08 Å². The molecule has 0 amide bonds. The van der Waals surface area contributed by atoms with E-state index in [4.69, 9.17) is 10.2 Å². The van der Waals surface area contributed by atoms with Crippen molar-refractivity contribution in [3.63, 3.8) is 0 Å². The molecule has 0 aromatic carbocycles. The number of carboxylic acids is 2. The van der Waals surface area contributed by atoms with Gasteiger partial charge in [0.05, 0.1) is 0 Å². The maximum atomic E-state index is 10.4. The Morgan fingerprint density at radius 3 is 2.54 bits per heavy atom. The predicted molar refractivity (Wildman–Crippen MR) is 47.9 cm³/mol. The van der Waals surface area contributed by atoms with Crippen LogP contribution in [0.25, 0.3) is 6.08 Å². The summed E-state index contributed by atoms with van der Waals surface area (Å²) in [5.41, 5.74) is 0.588. The first-order valence-corrected chi connectivity index (χ1v) is 4.20. The summed E-state index contributed by atoms with van der Waals surface area (Å²) in [7, 11) is 0.